The molecule has 0 radical (unpaired) electrons. The minimum atomic E-state index is -0.225. The summed E-state index contributed by atoms with van der Waals surface area (Å²) < 4.78 is 10.6. The maximum absolute atomic E-state index is 13.4. The Hall–Kier alpha value is -2.49. The molecule has 35 heavy (non-hydrogen) atoms. The molecule has 0 spiro atoms. The molecule has 4 atom stereocenters. The van der Waals surface area contributed by atoms with Crippen LogP contribution in [0.3, 0.4) is 0 Å². The smallest absolute Gasteiger partial charge is 0.240 e. The Labute approximate surface area is 206 Å². The van der Waals surface area contributed by atoms with Gasteiger partial charge in [-0.1, -0.05) is 0 Å². The Kier molecular flexibility index (Phi) is 7.36. The van der Waals surface area contributed by atoms with Crippen molar-refractivity contribution in [1.29, 1.82) is 0 Å². The second-order valence-corrected chi connectivity index (χ2v) is 10.1. The predicted octanol–water partition coefficient (Wildman–Crippen LogP) is 1.03. The van der Waals surface area contributed by atoms with E-state index >= 15 is 0 Å². The zero-order chi connectivity index (χ0) is 24.4. The van der Waals surface area contributed by atoms with Gasteiger partial charge in [0.15, 0.2) is 5.78 Å². The van der Waals surface area contributed by atoms with E-state index in [1.165, 1.54) is 0 Å². The SMILES string of the molecule is COc1ccc(C(=O)C2CCN([C@@H]3CCCN(CC4NC(=O)C5COCCC5N4)C3=O)CC2)cc1. The molecule has 4 heterocycles. The van der Waals surface area contributed by atoms with Crippen LogP contribution in [0.2, 0.25) is 0 Å². The highest BCUT2D eigenvalue weighted by Crippen LogP contribution is 2.27. The number of ether oxygens (including phenoxy) is 2. The van der Waals surface area contributed by atoms with Gasteiger partial charge in [-0.15, -0.1) is 0 Å². The van der Waals surface area contributed by atoms with Gasteiger partial charge in [0.1, 0.15) is 5.75 Å². The lowest BCUT2D eigenvalue weighted by Crippen LogP contribution is -2.67. The maximum atomic E-state index is 13.4. The van der Waals surface area contributed by atoms with E-state index in [-0.39, 0.29) is 47.7 Å². The summed E-state index contributed by atoms with van der Waals surface area (Å²) >= 11 is 0. The standard InChI is InChI=1S/C26H36N4O5/c1-34-19-6-4-17(5-7-19)24(31)18-8-12-29(13-9-18)22-3-2-11-30(26(22)33)15-23-27-21-10-14-35-16-20(21)25(32)28-23/h4-7,18,20-23,27H,2-3,8-16H2,1H3,(H,28,32)/t20?,21?,22-,23?/m1/s1. The van der Waals surface area contributed by atoms with Gasteiger partial charge in [0.2, 0.25) is 11.8 Å². The van der Waals surface area contributed by atoms with Gasteiger partial charge >= 0.3 is 0 Å². The highest BCUT2D eigenvalue weighted by atomic mass is 16.5. The molecule has 4 aliphatic heterocycles. The van der Waals surface area contributed by atoms with Crippen LogP contribution in [0.4, 0.5) is 0 Å². The van der Waals surface area contributed by atoms with Crippen LogP contribution in [0.15, 0.2) is 24.3 Å². The number of hydrogen-bond acceptors (Lipinski definition) is 7. The highest BCUT2D eigenvalue weighted by Gasteiger charge is 2.41. The number of nitrogens with one attached hydrogen (secondary N) is 2. The number of ketones is 1. The number of carbonyl (C=O) groups excluding carboxylic acids is 3. The quantitative estimate of drug-likeness (QED) is 0.582. The Morgan fingerprint density at radius 3 is 2.60 bits per heavy atom. The third kappa shape index (κ3) is 5.22. The van der Waals surface area contributed by atoms with E-state index in [0.717, 1.165) is 56.5 Å². The van der Waals surface area contributed by atoms with E-state index in [1.807, 2.05) is 29.2 Å². The molecule has 1 aromatic carbocycles. The van der Waals surface area contributed by atoms with Crippen molar-refractivity contribution < 1.29 is 23.9 Å². The molecule has 9 nitrogen and oxygen atoms in total. The number of amides is 2. The van der Waals surface area contributed by atoms with Crippen molar-refractivity contribution in [2.75, 3.05) is 46.5 Å². The summed E-state index contributed by atoms with van der Waals surface area (Å²) in [4.78, 5) is 43.0. The number of hydrogen-bond donors (Lipinski definition) is 2. The first kappa shape index (κ1) is 24.2. The average molecular weight is 485 g/mol. The van der Waals surface area contributed by atoms with Crippen LogP contribution < -0.4 is 15.4 Å². The minimum Gasteiger partial charge on any atom is -0.497 e. The van der Waals surface area contributed by atoms with Crippen LogP contribution in [0.1, 0.15) is 42.5 Å². The average Bonchev–Trinajstić information content (AvgIpc) is 2.90. The van der Waals surface area contributed by atoms with Crippen LogP contribution in [-0.2, 0) is 14.3 Å². The Balaban J connectivity index is 1.14. The molecule has 4 aliphatic rings. The first-order valence-electron chi connectivity index (χ1n) is 12.9. The molecule has 0 aliphatic carbocycles. The second kappa shape index (κ2) is 10.6. The van der Waals surface area contributed by atoms with E-state index in [2.05, 4.69) is 15.5 Å². The Morgan fingerprint density at radius 2 is 1.86 bits per heavy atom. The van der Waals surface area contributed by atoms with Crippen molar-refractivity contribution in [2.45, 2.75) is 50.4 Å². The molecule has 4 fully saturated rings. The third-order valence-corrected chi connectivity index (χ3v) is 8.05. The summed E-state index contributed by atoms with van der Waals surface area (Å²) in [6, 6.07) is 7.27. The van der Waals surface area contributed by atoms with E-state index in [9.17, 15) is 14.4 Å². The largest absolute Gasteiger partial charge is 0.497 e. The van der Waals surface area contributed by atoms with Gasteiger partial charge < -0.3 is 19.7 Å². The molecule has 1 aromatic rings. The van der Waals surface area contributed by atoms with E-state index in [4.69, 9.17) is 9.47 Å². The van der Waals surface area contributed by atoms with Crippen LogP contribution >= 0.6 is 0 Å². The summed E-state index contributed by atoms with van der Waals surface area (Å²) in [7, 11) is 1.61. The Morgan fingerprint density at radius 1 is 1.09 bits per heavy atom. The number of Topliss-reactive ketones (excluding diaryl/α,β-unsaturated/α-hetero) is 1. The topological polar surface area (TPSA) is 100 Å². The number of fused-ring (bicyclic) bond motifs is 1. The maximum Gasteiger partial charge on any atom is 0.240 e. The lowest BCUT2D eigenvalue weighted by molar-refractivity contribution is -0.144. The third-order valence-electron chi connectivity index (χ3n) is 8.05. The molecular formula is C26H36N4O5. The van der Waals surface area contributed by atoms with E-state index < -0.39 is 0 Å². The van der Waals surface area contributed by atoms with Gasteiger partial charge in [-0.2, -0.15) is 0 Å². The molecule has 2 N–H and O–H groups in total. The van der Waals surface area contributed by atoms with Gasteiger partial charge in [0, 0.05) is 30.7 Å². The summed E-state index contributed by atoms with van der Waals surface area (Å²) in [5.74, 6) is 0.918. The second-order valence-electron chi connectivity index (χ2n) is 10.1. The molecule has 3 unspecified atom stereocenters. The van der Waals surface area contributed by atoms with Crippen molar-refractivity contribution in [2.24, 2.45) is 11.8 Å². The summed E-state index contributed by atoms with van der Waals surface area (Å²) in [5, 5.41) is 6.56. The summed E-state index contributed by atoms with van der Waals surface area (Å²) in [6.45, 7) is 3.82. The molecule has 0 aromatic heterocycles. The van der Waals surface area contributed by atoms with Gasteiger partial charge in [0.05, 0.1) is 38.4 Å². The van der Waals surface area contributed by atoms with Crippen molar-refractivity contribution in [3.05, 3.63) is 29.8 Å². The van der Waals surface area contributed by atoms with Crippen molar-refractivity contribution >= 4 is 17.6 Å². The zero-order valence-electron chi connectivity index (χ0n) is 20.4. The normalized spacial score (nSPS) is 30.5. The molecule has 0 saturated carbocycles. The lowest BCUT2D eigenvalue weighted by Gasteiger charge is -2.44. The van der Waals surface area contributed by atoms with Crippen molar-refractivity contribution in [1.82, 2.24) is 20.4 Å². The zero-order valence-corrected chi connectivity index (χ0v) is 20.4. The van der Waals surface area contributed by atoms with E-state index in [0.29, 0.717) is 26.3 Å². The molecule has 5 rings (SSSR count). The summed E-state index contributed by atoms with van der Waals surface area (Å²) in [6.07, 6.45) is 3.91. The minimum absolute atomic E-state index is 0.0106. The number of methoxy groups -OCH3 is 1. The lowest BCUT2D eigenvalue weighted by atomic mass is 9.87. The number of likely N-dealkylation sites (tertiary alicyclic amines) is 2. The molecule has 190 valence electrons. The predicted molar refractivity (Wildman–Crippen MR) is 129 cm³/mol. The number of benzene rings is 1. The molecular weight excluding hydrogens is 448 g/mol. The molecule has 9 heteroatoms. The number of rotatable bonds is 6. The van der Waals surface area contributed by atoms with Gasteiger partial charge in [-0.25, -0.2) is 0 Å². The van der Waals surface area contributed by atoms with Gasteiger partial charge in [0.25, 0.3) is 0 Å². The first-order chi connectivity index (χ1) is 17.0. The fourth-order valence-corrected chi connectivity index (χ4v) is 6.00. The van der Waals surface area contributed by atoms with E-state index in [1.54, 1.807) is 7.11 Å². The Bertz CT molecular complexity index is 930. The van der Waals surface area contributed by atoms with Crippen LogP contribution in [0, 0.1) is 11.8 Å². The fourth-order valence-electron chi connectivity index (χ4n) is 6.00. The van der Waals surface area contributed by atoms with Crippen molar-refractivity contribution in [3.63, 3.8) is 0 Å². The van der Waals surface area contributed by atoms with Gasteiger partial charge in [-0.3, -0.25) is 24.6 Å². The van der Waals surface area contributed by atoms with Crippen LogP contribution in [-0.4, -0.2) is 92.1 Å². The highest BCUT2D eigenvalue weighted by molar-refractivity contribution is 5.98. The molecule has 2 amide bonds. The number of piperidine rings is 2. The van der Waals surface area contributed by atoms with Gasteiger partial charge in [-0.05, 0) is 69.5 Å². The van der Waals surface area contributed by atoms with Crippen LogP contribution in [0.25, 0.3) is 0 Å². The van der Waals surface area contributed by atoms with Crippen LogP contribution in [0.5, 0.6) is 5.75 Å². The molecule has 4 saturated heterocycles. The number of carbonyl (C=O) groups is 3. The first-order valence-corrected chi connectivity index (χ1v) is 12.9. The molecule has 0 bridgehead atoms. The monoisotopic (exact) mass is 484 g/mol. The van der Waals surface area contributed by atoms with Crippen molar-refractivity contribution in [3.8, 4) is 5.75 Å². The number of nitrogens with zero attached hydrogens (tertiary/aromatic N) is 2. The summed E-state index contributed by atoms with van der Waals surface area (Å²) in [5.41, 5.74) is 0.720. The fraction of sp³-hybridized carbons (Fsp3) is 0.654.